The predicted molar refractivity (Wildman–Crippen MR) is 82.1 cm³/mol. The molecular formula is C13H14BrClN4. The van der Waals surface area contributed by atoms with E-state index in [1.165, 1.54) is 0 Å². The molecule has 100 valence electrons. The summed E-state index contributed by atoms with van der Waals surface area (Å²) in [7, 11) is 0. The van der Waals surface area contributed by atoms with Gasteiger partial charge in [0.25, 0.3) is 0 Å². The van der Waals surface area contributed by atoms with E-state index in [-0.39, 0.29) is 0 Å². The second-order valence-electron chi connectivity index (χ2n) is 4.61. The standard InChI is InChI=1S/C13H14BrClN4/c1-8-17-12-7-10(14)11(15)6-9(12)13(18-8)19-4-2-16-3-5-19/h6-7,16H,2-5H2,1H3. The molecular weight excluding hydrogens is 328 g/mol. The molecule has 0 bridgehead atoms. The number of piperazine rings is 1. The Morgan fingerprint density at radius 3 is 2.74 bits per heavy atom. The third-order valence-corrected chi connectivity index (χ3v) is 4.44. The number of aryl methyl sites for hydroxylation is 1. The lowest BCUT2D eigenvalue weighted by Gasteiger charge is -2.29. The van der Waals surface area contributed by atoms with Crippen LogP contribution in [0.3, 0.4) is 0 Å². The first kappa shape index (κ1) is 13.1. The number of nitrogens with one attached hydrogen (secondary N) is 1. The van der Waals surface area contributed by atoms with E-state index in [0.717, 1.165) is 53.2 Å². The van der Waals surface area contributed by atoms with Gasteiger partial charge < -0.3 is 10.2 Å². The smallest absolute Gasteiger partial charge is 0.140 e. The van der Waals surface area contributed by atoms with Gasteiger partial charge in [0, 0.05) is 36.0 Å². The molecule has 0 aliphatic carbocycles. The molecule has 2 aromatic rings. The van der Waals surface area contributed by atoms with Gasteiger partial charge in [-0.05, 0) is 35.0 Å². The van der Waals surface area contributed by atoms with Crippen molar-refractivity contribution in [2.45, 2.75) is 6.92 Å². The van der Waals surface area contributed by atoms with Gasteiger partial charge in [-0.1, -0.05) is 11.6 Å². The van der Waals surface area contributed by atoms with Crippen molar-refractivity contribution in [2.75, 3.05) is 31.1 Å². The van der Waals surface area contributed by atoms with E-state index in [4.69, 9.17) is 11.6 Å². The first-order valence-electron chi connectivity index (χ1n) is 6.24. The van der Waals surface area contributed by atoms with Crippen LogP contribution in [0.15, 0.2) is 16.6 Å². The van der Waals surface area contributed by atoms with Crippen molar-refractivity contribution < 1.29 is 0 Å². The molecule has 0 atom stereocenters. The van der Waals surface area contributed by atoms with Crippen LogP contribution in [0.1, 0.15) is 5.82 Å². The lowest BCUT2D eigenvalue weighted by atomic mass is 10.2. The van der Waals surface area contributed by atoms with Crippen LogP contribution in [0.5, 0.6) is 0 Å². The molecule has 0 saturated carbocycles. The number of fused-ring (bicyclic) bond motifs is 1. The Kier molecular flexibility index (Phi) is 3.60. The van der Waals surface area contributed by atoms with Gasteiger partial charge in [-0.15, -0.1) is 0 Å². The minimum absolute atomic E-state index is 0.691. The molecule has 1 aromatic heterocycles. The molecule has 4 nitrogen and oxygen atoms in total. The SMILES string of the molecule is Cc1nc(N2CCNCC2)c2cc(Cl)c(Br)cc2n1. The fourth-order valence-corrected chi connectivity index (χ4v) is 2.83. The zero-order valence-electron chi connectivity index (χ0n) is 10.6. The van der Waals surface area contributed by atoms with Gasteiger partial charge in [0.1, 0.15) is 11.6 Å². The Hall–Kier alpha value is -0.910. The summed E-state index contributed by atoms with van der Waals surface area (Å²) in [6.07, 6.45) is 0. The van der Waals surface area contributed by atoms with Crippen molar-refractivity contribution in [1.82, 2.24) is 15.3 Å². The first-order chi connectivity index (χ1) is 9.15. The average molecular weight is 342 g/mol. The third kappa shape index (κ3) is 2.55. The van der Waals surface area contributed by atoms with Crippen molar-refractivity contribution >= 4 is 44.3 Å². The van der Waals surface area contributed by atoms with E-state index in [0.29, 0.717) is 5.02 Å². The van der Waals surface area contributed by atoms with Crippen LogP contribution in [0.2, 0.25) is 5.02 Å². The second kappa shape index (κ2) is 5.23. The molecule has 1 saturated heterocycles. The Labute approximate surface area is 125 Å². The van der Waals surface area contributed by atoms with Crippen molar-refractivity contribution in [1.29, 1.82) is 0 Å². The van der Waals surface area contributed by atoms with Crippen LogP contribution in [0.25, 0.3) is 10.9 Å². The highest BCUT2D eigenvalue weighted by atomic mass is 79.9. The predicted octanol–water partition coefficient (Wildman–Crippen LogP) is 2.76. The van der Waals surface area contributed by atoms with Crippen LogP contribution in [0, 0.1) is 6.92 Å². The van der Waals surface area contributed by atoms with Gasteiger partial charge in [0.15, 0.2) is 0 Å². The van der Waals surface area contributed by atoms with Crippen molar-refractivity contribution in [2.24, 2.45) is 0 Å². The number of rotatable bonds is 1. The first-order valence-corrected chi connectivity index (χ1v) is 7.41. The molecule has 1 fully saturated rings. The molecule has 0 unspecified atom stereocenters. The number of anilines is 1. The number of nitrogens with zero attached hydrogens (tertiary/aromatic N) is 3. The summed E-state index contributed by atoms with van der Waals surface area (Å²) in [4.78, 5) is 11.4. The van der Waals surface area contributed by atoms with Gasteiger partial charge in [-0.25, -0.2) is 9.97 Å². The largest absolute Gasteiger partial charge is 0.353 e. The Bertz CT molecular complexity index is 626. The number of aromatic nitrogens is 2. The third-order valence-electron chi connectivity index (χ3n) is 3.25. The topological polar surface area (TPSA) is 41.1 Å². The normalized spacial score (nSPS) is 16.1. The maximum absolute atomic E-state index is 6.21. The monoisotopic (exact) mass is 340 g/mol. The van der Waals surface area contributed by atoms with Crippen LogP contribution < -0.4 is 10.2 Å². The Morgan fingerprint density at radius 2 is 2.00 bits per heavy atom. The minimum Gasteiger partial charge on any atom is -0.353 e. The van der Waals surface area contributed by atoms with Gasteiger partial charge in [0.2, 0.25) is 0 Å². The molecule has 1 aliphatic rings. The fourth-order valence-electron chi connectivity index (χ4n) is 2.34. The van der Waals surface area contributed by atoms with E-state index in [1.54, 1.807) is 0 Å². The maximum atomic E-state index is 6.21. The molecule has 1 aromatic carbocycles. The van der Waals surface area contributed by atoms with Crippen LogP contribution >= 0.6 is 27.5 Å². The Balaban J connectivity index is 2.18. The quantitative estimate of drug-likeness (QED) is 0.866. The number of halogens is 2. The fraction of sp³-hybridized carbons (Fsp3) is 0.385. The summed E-state index contributed by atoms with van der Waals surface area (Å²) in [6, 6.07) is 3.90. The van der Waals surface area contributed by atoms with E-state index in [9.17, 15) is 0 Å². The van der Waals surface area contributed by atoms with E-state index in [2.05, 4.69) is 36.1 Å². The van der Waals surface area contributed by atoms with E-state index >= 15 is 0 Å². The molecule has 1 N–H and O–H groups in total. The average Bonchev–Trinajstić information content (AvgIpc) is 2.41. The summed E-state index contributed by atoms with van der Waals surface area (Å²) in [5, 5.41) is 5.05. The summed E-state index contributed by atoms with van der Waals surface area (Å²) < 4.78 is 0.867. The molecule has 2 heterocycles. The van der Waals surface area contributed by atoms with Crippen LogP contribution in [0.4, 0.5) is 5.82 Å². The van der Waals surface area contributed by atoms with Crippen molar-refractivity contribution in [3.63, 3.8) is 0 Å². The highest BCUT2D eigenvalue weighted by Crippen LogP contribution is 2.32. The molecule has 0 amide bonds. The van der Waals surface area contributed by atoms with Crippen molar-refractivity contribution in [3.05, 3.63) is 27.5 Å². The lowest BCUT2D eigenvalue weighted by molar-refractivity contribution is 0.585. The summed E-state index contributed by atoms with van der Waals surface area (Å²) in [6.45, 7) is 5.80. The van der Waals surface area contributed by atoms with Crippen LogP contribution in [-0.2, 0) is 0 Å². The molecule has 6 heteroatoms. The van der Waals surface area contributed by atoms with Gasteiger partial charge >= 0.3 is 0 Å². The Morgan fingerprint density at radius 1 is 1.26 bits per heavy atom. The number of hydrogen-bond donors (Lipinski definition) is 1. The molecule has 0 radical (unpaired) electrons. The van der Waals surface area contributed by atoms with Gasteiger partial charge in [0.05, 0.1) is 10.5 Å². The van der Waals surface area contributed by atoms with Crippen molar-refractivity contribution in [3.8, 4) is 0 Å². The van der Waals surface area contributed by atoms with Crippen LogP contribution in [-0.4, -0.2) is 36.1 Å². The zero-order chi connectivity index (χ0) is 13.4. The minimum atomic E-state index is 0.691. The number of benzene rings is 1. The highest BCUT2D eigenvalue weighted by Gasteiger charge is 2.17. The van der Waals surface area contributed by atoms with E-state index in [1.807, 2.05) is 19.1 Å². The number of hydrogen-bond acceptors (Lipinski definition) is 4. The van der Waals surface area contributed by atoms with Gasteiger partial charge in [-0.2, -0.15) is 0 Å². The van der Waals surface area contributed by atoms with Gasteiger partial charge in [-0.3, -0.25) is 0 Å². The summed E-state index contributed by atoms with van der Waals surface area (Å²) in [5.74, 6) is 1.77. The summed E-state index contributed by atoms with van der Waals surface area (Å²) in [5.41, 5.74) is 0.928. The summed E-state index contributed by atoms with van der Waals surface area (Å²) >= 11 is 9.65. The molecule has 0 spiro atoms. The second-order valence-corrected chi connectivity index (χ2v) is 5.88. The highest BCUT2D eigenvalue weighted by molar-refractivity contribution is 9.10. The molecule has 1 aliphatic heterocycles. The van der Waals surface area contributed by atoms with E-state index < -0.39 is 0 Å². The molecule has 19 heavy (non-hydrogen) atoms. The lowest BCUT2D eigenvalue weighted by Crippen LogP contribution is -2.44. The zero-order valence-corrected chi connectivity index (χ0v) is 12.9. The molecule has 3 rings (SSSR count). The maximum Gasteiger partial charge on any atom is 0.140 e.